The van der Waals surface area contributed by atoms with Crippen LogP contribution in [-0.2, 0) is 17.4 Å². The SMILES string of the molecule is C[C@@H]1CN(C(=O)Cc2ccccc2C(F)(F)F)C[C@@H](C)N1. The second-order valence-electron chi connectivity index (χ2n) is 5.60. The average molecular weight is 300 g/mol. The zero-order valence-electron chi connectivity index (χ0n) is 12.1. The predicted octanol–water partition coefficient (Wildman–Crippen LogP) is 2.46. The molecule has 0 spiro atoms. The molecule has 1 aromatic rings. The zero-order chi connectivity index (χ0) is 15.6. The molecule has 1 fully saturated rings. The number of piperazine rings is 1. The molecule has 116 valence electrons. The van der Waals surface area contributed by atoms with E-state index in [9.17, 15) is 18.0 Å². The summed E-state index contributed by atoms with van der Waals surface area (Å²) in [6.07, 6.45) is -4.64. The van der Waals surface area contributed by atoms with Gasteiger partial charge in [-0.1, -0.05) is 18.2 Å². The molecule has 0 saturated carbocycles. The molecule has 0 unspecified atom stereocenters. The molecule has 21 heavy (non-hydrogen) atoms. The van der Waals surface area contributed by atoms with E-state index in [1.54, 1.807) is 4.90 Å². The highest BCUT2D eigenvalue weighted by atomic mass is 19.4. The number of nitrogens with zero attached hydrogens (tertiary/aromatic N) is 1. The lowest BCUT2D eigenvalue weighted by atomic mass is 10.0. The number of hydrogen-bond acceptors (Lipinski definition) is 2. The van der Waals surface area contributed by atoms with E-state index in [1.165, 1.54) is 18.2 Å². The second kappa shape index (κ2) is 6.05. The van der Waals surface area contributed by atoms with E-state index in [4.69, 9.17) is 0 Å². The highest BCUT2D eigenvalue weighted by Gasteiger charge is 2.34. The van der Waals surface area contributed by atoms with Crippen LogP contribution >= 0.6 is 0 Å². The Kier molecular flexibility index (Phi) is 4.56. The van der Waals surface area contributed by atoms with Crippen LogP contribution in [0.15, 0.2) is 24.3 Å². The van der Waals surface area contributed by atoms with Gasteiger partial charge < -0.3 is 10.2 Å². The average Bonchev–Trinajstić information content (AvgIpc) is 2.37. The van der Waals surface area contributed by atoms with Crippen molar-refractivity contribution < 1.29 is 18.0 Å². The van der Waals surface area contributed by atoms with Gasteiger partial charge in [0, 0.05) is 25.2 Å². The summed E-state index contributed by atoms with van der Waals surface area (Å²) in [4.78, 5) is 13.9. The normalized spacial score (nSPS) is 23.2. The molecule has 6 heteroatoms. The number of rotatable bonds is 2. The third-order valence-electron chi connectivity index (χ3n) is 3.57. The van der Waals surface area contributed by atoms with Crippen molar-refractivity contribution in [1.82, 2.24) is 10.2 Å². The summed E-state index contributed by atoms with van der Waals surface area (Å²) >= 11 is 0. The van der Waals surface area contributed by atoms with Crippen molar-refractivity contribution in [3.05, 3.63) is 35.4 Å². The third-order valence-corrected chi connectivity index (χ3v) is 3.57. The van der Waals surface area contributed by atoms with Crippen molar-refractivity contribution in [3.63, 3.8) is 0 Å². The van der Waals surface area contributed by atoms with E-state index in [2.05, 4.69) is 5.32 Å². The smallest absolute Gasteiger partial charge is 0.339 e. The van der Waals surface area contributed by atoms with Crippen molar-refractivity contribution in [2.45, 2.75) is 38.5 Å². The quantitative estimate of drug-likeness (QED) is 0.910. The van der Waals surface area contributed by atoms with Crippen LogP contribution in [0, 0.1) is 0 Å². The van der Waals surface area contributed by atoms with Crippen molar-refractivity contribution in [3.8, 4) is 0 Å². The van der Waals surface area contributed by atoms with Gasteiger partial charge in [-0.05, 0) is 25.5 Å². The molecule has 1 aliphatic rings. The predicted molar refractivity (Wildman–Crippen MR) is 73.8 cm³/mol. The van der Waals surface area contributed by atoms with Crippen LogP contribution in [0.25, 0.3) is 0 Å². The van der Waals surface area contributed by atoms with E-state index in [1.807, 2.05) is 13.8 Å². The molecular formula is C15H19F3N2O. The molecule has 1 amide bonds. The number of carbonyl (C=O) groups excluding carboxylic acids is 1. The number of halogens is 3. The molecule has 1 aliphatic heterocycles. The van der Waals surface area contributed by atoms with Crippen LogP contribution in [0.3, 0.4) is 0 Å². The Hall–Kier alpha value is -1.56. The number of nitrogens with one attached hydrogen (secondary N) is 1. The first kappa shape index (κ1) is 15.8. The molecule has 1 heterocycles. The van der Waals surface area contributed by atoms with E-state index in [0.717, 1.165) is 6.07 Å². The Labute approximate surface area is 122 Å². The molecule has 2 atom stereocenters. The van der Waals surface area contributed by atoms with E-state index < -0.39 is 11.7 Å². The van der Waals surface area contributed by atoms with Gasteiger partial charge >= 0.3 is 6.18 Å². The van der Waals surface area contributed by atoms with Gasteiger partial charge in [0.15, 0.2) is 0 Å². The minimum Gasteiger partial charge on any atom is -0.339 e. The lowest BCUT2D eigenvalue weighted by Gasteiger charge is -2.36. The minimum absolute atomic E-state index is 0.0360. The van der Waals surface area contributed by atoms with Crippen molar-refractivity contribution >= 4 is 5.91 Å². The fraction of sp³-hybridized carbons (Fsp3) is 0.533. The molecule has 1 N–H and O–H groups in total. The maximum Gasteiger partial charge on any atom is 0.416 e. The summed E-state index contributed by atoms with van der Waals surface area (Å²) in [6.45, 7) is 4.97. The number of hydrogen-bond donors (Lipinski definition) is 1. The molecule has 0 aliphatic carbocycles. The van der Waals surface area contributed by atoms with Crippen LogP contribution < -0.4 is 5.32 Å². The molecule has 2 rings (SSSR count). The number of amides is 1. The molecule has 1 saturated heterocycles. The van der Waals surface area contributed by atoms with Crippen LogP contribution in [-0.4, -0.2) is 36.0 Å². The lowest BCUT2D eigenvalue weighted by Crippen LogP contribution is -2.56. The monoisotopic (exact) mass is 300 g/mol. The van der Waals surface area contributed by atoms with Gasteiger partial charge in [0.1, 0.15) is 0 Å². The highest BCUT2D eigenvalue weighted by molar-refractivity contribution is 5.79. The standard InChI is InChI=1S/C15H19F3N2O/c1-10-8-20(9-11(2)19-10)14(21)7-12-5-3-4-6-13(12)15(16,17)18/h3-6,10-11,19H,7-9H2,1-2H3/t10-,11-/m1/s1. The summed E-state index contributed by atoms with van der Waals surface area (Å²) in [6, 6.07) is 5.56. The number of benzene rings is 1. The first-order valence-electron chi connectivity index (χ1n) is 6.96. The minimum atomic E-state index is -4.43. The van der Waals surface area contributed by atoms with Crippen LogP contribution in [0.2, 0.25) is 0 Å². The second-order valence-corrected chi connectivity index (χ2v) is 5.60. The Balaban J connectivity index is 2.13. The molecule has 1 aromatic carbocycles. The number of alkyl halides is 3. The largest absolute Gasteiger partial charge is 0.416 e. The van der Waals surface area contributed by atoms with Gasteiger partial charge in [-0.25, -0.2) is 0 Å². The van der Waals surface area contributed by atoms with Crippen molar-refractivity contribution in [2.24, 2.45) is 0 Å². The zero-order valence-corrected chi connectivity index (χ0v) is 12.1. The van der Waals surface area contributed by atoms with Crippen LogP contribution in [0.1, 0.15) is 25.0 Å². The fourth-order valence-corrected chi connectivity index (χ4v) is 2.76. The molecular weight excluding hydrogens is 281 g/mol. The van der Waals surface area contributed by atoms with Gasteiger partial charge in [-0.2, -0.15) is 13.2 Å². The topological polar surface area (TPSA) is 32.3 Å². The van der Waals surface area contributed by atoms with Gasteiger partial charge in [0.2, 0.25) is 5.91 Å². The fourth-order valence-electron chi connectivity index (χ4n) is 2.76. The van der Waals surface area contributed by atoms with Crippen LogP contribution in [0.4, 0.5) is 13.2 Å². The van der Waals surface area contributed by atoms with Gasteiger partial charge in [-0.15, -0.1) is 0 Å². The molecule has 0 bridgehead atoms. The molecule has 0 radical (unpaired) electrons. The summed E-state index contributed by atoms with van der Waals surface area (Å²) < 4.78 is 38.8. The summed E-state index contributed by atoms with van der Waals surface area (Å²) in [5, 5.41) is 3.29. The Morgan fingerprint density at radius 2 is 1.81 bits per heavy atom. The Bertz CT molecular complexity index is 506. The van der Waals surface area contributed by atoms with Crippen LogP contribution in [0.5, 0.6) is 0 Å². The molecule has 0 aromatic heterocycles. The summed E-state index contributed by atoms with van der Waals surface area (Å²) in [5.74, 6) is -0.258. The van der Waals surface area contributed by atoms with Gasteiger partial charge in [0.05, 0.1) is 12.0 Å². The first-order chi connectivity index (χ1) is 9.77. The van der Waals surface area contributed by atoms with E-state index in [-0.39, 0.29) is 30.0 Å². The number of carbonyl (C=O) groups is 1. The van der Waals surface area contributed by atoms with E-state index in [0.29, 0.717) is 13.1 Å². The maximum atomic E-state index is 12.9. The van der Waals surface area contributed by atoms with Crippen molar-refractivity contribution in [1.29, 1.82) is 0 Å². The molecule has 3 nitrogen and oxygen atoms in total. The summed E-state index contributed by atoms with van der Waals surface area (Å²) in [5.41, 5.74) is -0.691. The first-order valence-corrected chi connectivity index (χ1v) is 6.96. The summed E-state index contributed by atoms with van der Waals surface area (Å²) in [7, 11) is 0. The lowest BCUT2D eigenvalue weighted by molar-refractivity contribution is -0.139. The van der Waals surface area contributed by atoms with Gasteiger partial charge in [-0.3, -0.25) is 4.79 Å². The maximum absolute atomic E-state index is 12.9. The highest BCUT2D eigenvalue weighted by Crippen LogP contribution is 2.32. The van der Waals surface area contributed by atoms with Gasteiger partial charge in [0.25, 0.3) is 0 Å². The third kappa shape index (κ3) is 3.97. The Morgan fingerprint density at radius 3 is 2.38 bits per heavy atom. The Morgan fingerprint density at radius 1 is 1.24 bits per heavy atom. The van der Waals surface area contributed by atoms with E-state index >= 15 is 0 Å². The van der Waals surface area contributed by atoms with Crippen molar-refractivity contribution in [2.75, 3.05) is 13.1 Å².